The van der Waals surface area contributed by atoms with Gasteiger partial charge in [-0.25, -0.2) is 0 Å². The lowest BCUT2D eigenvalue weighted by molar-refractivity contribution is -0.122. The Balaban J connectivity index is 1.71. The first-order valence-electron chi connectivity index (χ1n) is 11.6. The van der Waals surface area contributed by atoms with Gasteiger partial charge in [0.15, 0.2) is 18.1 Å². The van der Waals surface area contributed by atoms with Crippen LogP contribution in [0.2, 0.25) is 5.02 Å². The fraction of sp³-hybridized carbons (Fsp3) is 0.346. The number of methoxy groups -OCH3 is 1. The van der Waals surface area contributed by atoms with Gasteiger partial charge in [-0.15, -0.1) is 0 Å². The summed E-state index contributed by atoms with van der Waals surface area (Å²) in [4.78, 5) is 27.3. The van der Waals surface area contributed by atoms with Crippen LogP contribution in [0, 0.1) is 0 Å². The number of nitrogens with one attached hydrogen (secondary N) is 1. The van der Waals surface area contributed by atoms with E-state index in [0.29, 0.717) is 52.4 Å². The largest absolute Gasteiger partial charge is 0.490 e. The molecule has 1 fully saturated rings. The summed E-state index contributed by atoms with van der Waals surface area (Å²) in [5.41, 5.74) is 2.53. The highest BCUT2D eigenvalue weighted by atomic mass is 35.5. The summed E-state index contributed by atoms with van der Waals surface area (Å²) in [6.07, 6.45) is 3.34. The smallest absolute Gasteiger partial charge is 0.266 e. The molecule has 0 bridgehead atoms. The molecule has 2 aromatic rings. The molecule has 0 radical (unpaired) electrons. The van der Waals surface area contributed by atoms with Gasteiger partial charge in [0.2, 0.25) is 0 Å². The van der Waals surface area contributed by atoms with E-state index in [9.17, 15) is 9.59 Å². The zero-order chi connectivity index (χ0) is 26.1. The third kappa shape index (κ3) is 7.46. The molecular formula is C26H29ClN2O5S2. The Kier molecular flexibility index (Phi) is 10.6. The van der Waals surface area contributed by atoms with E-state index in [1.807, 2.05) is 31.2 Å². The van der Waals surface area contributed by atoms with E-state index in [1.165, 1.54) is 17.3 Å². The number of thioether (sulfide) groups is 1. The van der Waals surface area contributed by atoms with E-state index in [0.717, 1.165) is 6.42 Å². The minimum Gasteiger partial charge on any atom is -0.490 e. The first kappa shape index (κ1) is 28.0. The van der Waals surface area contributed by atoms with Crippen LogP contribution in [0.4, 0.5) is 5.69 Å². The van der Waals surface area contributed by atoms with E-state index in [1.54, 1.807) is 30.2 Å². The predicted octanol–water partition coefficient (Wildman–Crippen LogP) is 5.56. The number of benzene rings is 2. The van der Waals surface area contributed by atoms with Gasteiger partial charge in [-0.1, -0.05) is 54.6 Å². The molecule has 3 rings (SSSR count). The number of anilines is 1. The van der Waals surface area contributed by atoms with Crippen LogP contribution in [0.5, 0.6) is 11.5 Å². The van der Waals surface area contributed by atoms with Crippen LogP contribution in [0.15, 0.2) is 41.3 Å². The van der Waals surface area contributed by atoms with Gasteiger partial charge in [-0.2, -0.15) is 0 Å². The van der Waals surface area contributed by atoms with Crippen molar-refractivity contribution < 1.29 is 23.8 Å². The molecule has 1 heterocycles. The first-order valence-corrected chi connectivity index (χ1v) is 13.2. The Morgan fingerprint density at radius 3 is 2.61 bits per heavy atom. The lowest BCUT2D eigenvalue weighted by Gasteiger charge is -2.15. The maximum absolute atomic E-state index is 12.8. The molecule has 1 saturated heterocycles. The van der Waals surface area contributed by atoms with Gasteiger partial charge < -0.3 is 19.5 Å². The van der Waals surface area contributed by atoms with Gasteiger partial charge >= 0.3 is 0 Å². The second-order valence-electron chi connectivity index (χ2n) is 7.83. The van der Waals surface area contributed by atoms with E-state index in [4.69, 9.17) is 38.0 Å². The molecule has 0 saturated carbocycles. The Labute approximate surface area is 226 Å². The number of halogens is 1. The predicted molar refractivity (Wildman–Crippen MR) is 149 cm³/mol. The lowest BCUT2D eigenvalue weighted by atomic mass is 10.1. The molecule has 0 unspecified atom stereocenters. The van der Waals surface area contributed by atoms with Gasteiger partial charge in [0, 0.05) is 25.9 Å². The zero-order valence-corrected chi connectivity index (χ0v) is 22.9. The molecule has 0 atom stereocenters. The topological polar surface area (TPSA) is 77.1 Å². The van der Waals surface area contributed by atoms with E-state index in [-0.39, 0.29) is 29.2 Å². The number of nitrogens with zero attached hydrogens (tertiary/aromatic N) is 1. The summed E-state index contributed by atoms with van der Waals surface area (Å²) < 4.78 is 17.0. The number of ether oxygens (including phenoxy) is 3. The number of hydrogen-bond acceptors (Lipinski definition) is 7. The highest BCUT2D eigenvalue weighted by molar-refractivity contribution is 8.26. The molecule has 192 valence electrons. The summed E-state index contributed by atoms with van der Waals surface area (Å²) in [7, 11) is 1.62. The van der Waals surface area contributed by atoms with Crippen LogP contribution in [0.25, 0.3) is 6.08 Å². The van der Waals surface area contributed by atoms with Crippen molar-refractivity contribution in [2.45, 2.75) is 26.7 Å². The average Bonchev–Trinajstić information content (AvgIpc) is 3.11. The van der Waals surface area contributed by atoms with Crippen LogP contribution >= 0.6 is 35.6 Å². The Morgan fingerprint density at radius 1 is 1.19 bits per heavy atom. The van der Waals surface area contributed by atoms with Crippen molar-refractivity contribution in [3.63, 3.8) is 0 Å². The molecule has 0 aromatic heterocycles. The van der Waals surface area contributed by atoms with Crippen molar-refractivity contribution >= 4 is 63.5 Å². The molecule has 1 N–H and O–H groups in total. The van der Waals surface area contributed by atoms with E-state index < -0.39 is 0 Å². The van der Waals surface area contributed by atoms with Gasteiger partial charge in [0.1, 0.15) is 4.32 Å². The van der Waals surface area contributed by atoms with Crippen LogP contribution in [-0.2, 0) is 20.7 Å². The number of hydrogen-bond donors (Lipinski definition) is 1. The summed E-state index contributed by atoms with van der Waals surface area (Å²) in [5, 5.41) is 3.07. The fourth-order valence-corrected chi connectivity index (χ4v) is 5.03. The van der Waals surface area contributed by atoms with Crippen LogP contribution in [0.1, 0.15) is 31.4 Å². The van der Waals surface area contributed by atoms with Crippen molar-refractivity contribution in [3.8, 4) is 11.5 Å². The van der Waals surface area contributed by atoms with Gasteiger partial charge in [0.05, 0.1) is 16.5 Å². The molecule has 1 aliphatic rings. The molecule has 7 nitrogen and oxygen atoms in total. The maximum Gasteiger partial charge on any atom is 0.266 e. The van der Waals surface area contributed by atoms with Gasteiger partial charge in [-0.05, 0) is 61.2 Å². The Hall–Kier alpha value is -2.59. The quantitative estimate of drug-likeness (QED) is 0.211. The van der Waals surface area contributed by atoms with Crippen molar-refractivity contribution in [1.82, 2.24) is 4.90 Å². The third-order valence-corrected chi connectivity index (χ3v) is 6.89. The summed E-state index contributed by atoms with van der Waals surface area (Å²) >= 11 is 13.1. The molecule has 0 aliphatic carbocycles. The number of carbonyl (C=O) groups excluding carboxylic acids is 2. The first-order chi connectivity index (χ1) is 17.4. The van der Waals surface area contributed by atoms with E-state index in [2.05, 4.69) is 12.2 Å². The van der Waals surface area contributed by atoms with Crippen LogP contribution in [0.3, 0.4) is 0 Å². The van der Waals surface area contributed by atoms with Crippen molar-refractivity contribution in [2.75, 3.05) is 38.8 Å². The fourth-order valence-electron chi connectivity index (χ4n) is 3.44. The molecule has 10 heteroatoms. The minimum atomic E-state index is -0.320. The molecule has 2 amide bonds. The van der Waals surface area contributed by atoms with Crippen molar-refractivity contribution in [1.29, 1.82) is 0 Å². The summed E-state index contributed by atoms with van der Waals surface area (Å²) in [6.45, 7) is 5.08. The van der Waals surface area contributed by atoms with E-state index >= 15 is 0 Å². The number of aryl methyl sites for hydroxylation is 1. The summed E-state index contributed by atoms with van der Waals surface area (Å²) in [5.74, 6) is 0.171. The van der Waals surface area contributed by atoms with Gasteiger partial charge in [-0.3, -0.25) is 14.5 Å². The second kappa shape index (κ2) is 13.6. The normalized spacial score (nSPS) is 14.4. The summed E-state index contributed by atoms with van der Waals surface area (Å²) in [6, 6.07) is 11.0. The second-order valence-corrected chi connectivity index (χ2v) is 9.91. The Bertz CT molecular complexity index is 1140. The number of thiocarbonyl (C=S) groups is 1. The Morgan fingerprint density at radius 2 is 1.94 bits per heavy atom. The van der Waals surface area contributed by atoms with Gasteiger partial charge in [0.25, 0.3) is 11.8 Å². The molecule has 1 aliphatic heterocycles. The lowest BCUT2D eigenvalue weighted by Crippen LogP contribution is -2.29. The monoisotopic (exact) mass is 548 g/mol. The van der Waals surface area contributed by atoms with Crippen molar-refractivity contribution in [3.05, 3.63) is 57.5 Å². The van der Waals surface area contributed by atoms with Crippen LogP contribution < -0.4 is 14.8 Å². The molecule has 2 aromatic carbocycles. The zero-order valence-electron chi connectivity index (χ0n) is 20.5. The SMILES string of the molecule is CCOc1cc(/C=C2\SC(=S)N(CCCOC)C2=O)cc(Cl)c1OCC(=O)Nc1ccc(CC)cc1. The number of amides is 2. The molecular weight excluding hydrogens is 520 g/mol. The third-order valence-electron chi connectivity index (χ3n) is 5.23. The maximum atomic E-state index is 12.8. The number of rotatable bonds is 12. The standard InChI is InChI=1S/C26H29ClN2O5S2/c1-4-17-7-9-19(10-8-17)28-23(30)16-34-24-20(27)13-18(14-21(24)33-5-2)15-22-25(31)29(26(35)36-22)11-6-12-32-3/h7-10,13-15H,4-6,11-12,16H2,1-3H3,(H,28,30)/b22-15-. The highest BCUT2D eigenvalue weighted by Gasteiger charge is 2.31. The number of carbonyl (C=O) groups is 2. The average molecular weight is 549 g/mol. The molecule has 36 heavy (non-hydrogen) atoms. The molecule has 0 spiro atoms. The van der Waals surface area contributed by atoms with Crippen LogP contribution in [-0.4, -0.2) is 54.5 Å². The minimum absolute atomic E-state index is 0.154. The van der Waals surface area contributed by atoms with Crippen molar-refractivity contribution in [2.24, 2.45) is 0 Å². The highest BCUT2D eigenvalue weighted by Crippen LogP contribution is 2.39.